The average Bonchev–Trinajstić information content (AvgIpc) is 2.96. The Morgan fingerprint density at radius 1 is 1.21 bits per heavy atom. The third-order valence-electron chi connectivity index (χ3n) is 3.33. The number of hydrogen-bond acceptors (Lipinski definition) is 3. The Bertz CT molecular complexity index is 375. The Morgan fingerprint density at radius 2 is 1.95 bits per heavy atom. The van der Waals surface area contributed by atoms with E-state index in [1.165, 1.54) is 25.9 Å². The molecular weight excluding hydrogens is 240 g/mol. The summed E-state index contributed by atoms with van der Waals surface area (Å²) in [6, 6.07) is 9.71. The van der Waals surface area contributed by atoms with Gasteiger partial charge in [0.05, 0.1) is 0 Å². The SMILES string of the molecule is O=C(NCCCN1CCCC1)OCc1ccccc1. The summed E-state index contributed by atoms with van der Waals surface area (Å²) in [6.07, 6.45) is 3.28. The van der Waals surface area contributed by atoms with E-state index in [0.717, 1.165) is 18.5 Å². The molecule has 1 aliphatic rings. The maximum Gasteiger partial charge on any atom is 0.407 e. The maximum absolute atomic E-state index is 11.5. The number of carbonyl (C=O) groups is 1. The molecule has 1 heterocycles. The quantitative estimate of drug-likeness (QED) is 0.800. The van der Waals surface area contributed by atoms with Crippen LogP contribution in [-0.4, -0.2) is 37.2 Å². The van der Waals surface area contributed by atoms with E-state index in [2.05, 4.69) is 10.2 Å². The van der Waals surface area contributed by atoms with Crippen molar-refractivity contribution in [3.8, 4) is 0 Å². The molecule has 4 heteroatoms. The van der Waals surface area contributed by atoms with Crippen LogP contribution in [0, 0.1) is 0 Å². The number of nitrogens with one attached hydrogen (secondary N) is 1. The Kier molecular flexibility index (Phi) is 5.69. The third kappa shape index (κ3) is 5.30. The van der Waals surface area contributed by atoms with Gasteiger partial charge in [0.2, 0.25) is 0 Å². The summed E-state index contributed by atoms with van der Waals surface area (Å²) in [4.78, 5) is 13.9. The van der Waals surface area contributed by atoms with Gasteiger partial charge in [-0.05, 0) is 44.5 Å². The van der Waals surface area contributed by atoms with Crippen molar-refractivity contribution in [2.24, 2.45) is 0 Å². The van der Waals surface area contributed by atoms with Gasteiger partial charge in [-0.3, -0.25) is 0 Å². The van der Waals surface area contributed by atoms with Crippen molar-refractivity contribution in [2.75, 3.05) is 26.2 Å². The number of alkyl carbamates (subject to hydrolysis) is 1. The summed E-state index contributed by atoms with van der Waals surface area (Å²) in [5, 5.41) is 2.79. The summed E-state index contributed by atoms with van der Waals surface area (Å²) in [5.41, 5.74) is 1.01. The number of likely N-dealkylation sites (tertiary alicyclic amines) is 1. The predicted octanol–water partition coefficient (Wildman–Crippen LogP) is 2.40. The molecule has 1 aromatic rings. The number of rotatable bonds is 6. The van der Waals surface area contributed by atoms with Crippen LogP contribution in [-0.2, 0) is 11.3 Å². The highest BCUT2D eigenvalue weighted by Gasteiger charge is 2.10. The molecule has 1 fully saturated rings. The molecule has 0 aromatic heterocycles. The molecule has 1 aliphatic heterocycles. The lowest BCUT2D eigenvalue weighted by Crippen LogP contribution is -2.29. The van der Waals surface area contributed by atoms with E-state index in [1.54, 1.807) is 0 Å². The molecule has 2 rings (SSSR count). The molecule has 1 N–H and O–H groups in total. The number of benzene rings is 1. The molecule has 0 saturated carbocycles. The van der Waals surface area contributed by atoms with E-state index in [1.807, 2.05) is 30.3 Å². The van der Waals surface area contributed by atoms with E-state index in [4.69, 9.17) is 4.74 Å². The van der Waals surface area contributed by atoms with Gasteiger partial charge >= 0.3 is 6.09 Å². The topological polar surface area (TPSA) is 41.6 Å². The molecule has 0 bridgehead atoms. The fourth-order valence-corrected chi connectivity index (χ4v) is 2.27. The van der Waals surface area contributed by atoms with Crippen molar-refractivity contribution < 1.29 is 9.53 Å². The molecule has 0 aliphatic carbocycles. The predicted molar refractivity (Wildman–Crippen MR) is 74.9 cm³/mol. The first-order chi connectivity index (χ1) is 9.34. The zero-order valence-corrected chi connectivity index (χ0v) is 11.3. The van der Waals surface area contributed by atoms with Crippen LogP contribution in [0.25, 0.3) is 0 Å². The molecule has 0 unspecified atom stereocenters. The van der Waals surface area contributed by atoms with Crippen LogP contribution < -0.4 is 5.32 Å². The van der Waals surface area contributed by atoms with Gasteiger partial charge < -0.3 is 15.0 Å². The normalized spacial score (nSPS) is 15.4. The highest BCUT2D eigenvalue weighted by Crippen LogP contribution is 2.06. The summed E-state index contributed by atoms with van der Waals surface area (Å²) in [7, 11) is 0. The number of hydrogen-bond donors (Lipinski definition) is 1. The fraction of sp³-hybridized carbons (Fsp3) is 0.533. The summed E-state index contributed by atoms with van der Waals surface area (Å²) in [5.74, 6) is 0. The van der Waals surface area contributed by atoms with Crippen molar-refractivity contribution in [2.45, 2.75) is 25.9 Å². The Balaban J connectivity index is 1.52. The van der Waals surface area contributed by atoms with Crippen molar-refractivity contribution in [1.82, 2.24) is 10.2 Å². The highest BCUT2D eigenvalue weighted by atomic mass is 16.5. The summed E-state index contributed by atoms with van der Waals surface area (Å²) in [6.45, 7) is 4.50. The number of carbonyl (C=O) groups excluding carboxylic acids is 1. The maximum atomic E-state index is 11.5. The van der Waals surface area contributed by atoms with E-state index in [-0.39, 0.29) is 6.09 Å². The minimum atomic E-state index is -0.328. The lowest BCUT2D eigenvalue weighted by molar-refractivity contribution is 0.139. The second-order valence-corrected chi connectivity index (χ2v) is 4.89. The van der Waals surface area contributed by atoms with E-state index in [0.29, 0.717) is 13.2 Å². The first kappa shape index (κ1) is 13.9. The Hall–Kier alpha value is -1.55. The first-order valence-corrected chi connectivity index (χ1v) is 7.01. The highest BCUT2D eigenvalue weighted by molar-refractivity contribution is 5.67. The van der Waals surface area contributed by atoms with Gasteiger partial charge in [-0.2, -0.15) is 0 Å². The van der Waals surface area contributed by atoms with Crippen molar-refractivity contribution >= 4 is 6.09 Å². The fourth-order valence-electron chi connectivity index (χ4n) is 2.27. The van der Waals surface area contributed by atoms with E-state index < -0.39 is 0 Å². The van der Waals surface area contributed by atoms with Gasteiger partial charge in [0, 0.05) is 6.54 Å². The van der Waals surface area contributed by atoms with Crippen molar-refractivity contribution in [3.05, 3.63) is 35.9 Å². The van der Waals surface area contributed by atoms with Gasteiger partial charge in [-0.1, -0.05) is 30.3 Å². The minimum Gasteiger partial charge on any atom is -0.445 e. The van der Waals surface area contributed by atoms with Crippen molar-refractivity contribution in [3.63, 3.8) is 0 Å². The van der Waals surface area contributed by atoms with E-state index in [9.17, 15) is 4.79 Å². The molecule has 19 heavy (non-hydrogen) atoms. The van der Waals surface area contributed by atoms with Gasteiger partial charge in [0.15, 0.2) is 0 Å². The third-order valence-corrected chi connectivity index (χ3v) is 3.33. The molecule has 0 radical (unpaired) electrons. The number of amides is 1. The molecule has 0 atom stereocenters. The monoisotopic (exact) mass is 262 g/mol. The van der Waals surface area contributed by atoms with Crippen molar-refractivity contribution in [1.29, 1.82) is 0 Å². The van der Waals surface area contributed by atoms with Crippen LogP contribution in [0.1, 0.15) is 24.8 Å². The smallest absolute Gasteiger partial charge is 0.407 e. The van der Waals surface area contributed by atoms with Crippen LogP contribution in [0.3, 0.4) is 0 Å². The number of nitrogens with zero attached hydrogens (tertiary/aromatic N) is 1. The largest absolute Gasteiger partial charge is 0.445 e. The summed E-state index contributed by atoms with van der Waals surface area (Å²) < 4.78 is 5.14. The van der Waals surface area contributed by atoms with Crippen LogP contribution in [0.5, 0.6) is 0 Å². The molecule has 1 aromatic carbocycles. The van der Waals surface area contributed by atoms with Gasteiger partial charge in [0.1, 0.15) is 6.61 Å². The van der Waals surface area contributed by atoms with Gasteiger partial charge in [-0.15, -0.1) is 0 Å². The Morgan fingerprint density at radius 3 is 2.68 bits per heavy atom. The molecular formula is C15H22N2O2. The van der Waals surface area contributed by atoms with Crippen LogP contribution >= 0.6 is 0 Å². The Labute approximate surface area is 114 Å². The molecule has 1 saturated heterocycles. The average molecular weight is 262 g/mol. The summed E-state index contributed by atoms with van der Waals surface area (Å²) >= 11 is 0. The zero-order chi connectivity index (χ0) is 13.3. The molecule has 104 valence electrons. The van der Waals surface area contributed by atoms with Crippen LogP contribution in [0.15, 0.2) is 30.3 Å². The second-order valence-electron chi connectivity index (χ2n) is 4.89. The zero-order valence-electron chi connectivity index (χ0n) is 11.3. The van der Waals surface area contributed by atoms with Crippen LogP contribution in [0.2, 0.25) is 0 Å². The molecule has 1 amide bonds. The van der Waals surface area contributed by atoms with Gasteiger partial charge in [0.25, 0.3) is 0 Å². The minimum absolute atomic E-state index is 0.328. The second kappa shape index (κ2) is 7.79. The van der Waals surface area contributed by atoms with E-state index >= 15 is 0 Å². The molecule has 4 nitrogen and oxygen atoms in total. The standard InChI is InChI=1S/C15H22N2O2/c18-15(19-13-14-7-2-1-3-8-14)16-9-6-12-17-10-4-5-11-17/h1-3,7-8H,4-6,9-13H2,(H,16,18). The lowest BCUT2D eigenvalue weighted by Gasteiger charge is -2.14. The first-order valence-electron chi connectivity index (χ1n) is 7.01. The van der Waals surface area contributed by atoms with Crippen LogP contribution in [0.4, 0.5) is 4.79 Å². The lowest BCUT2D eigenvalue weighted by atomic mass is 10.2. The molecule has 0 spiro atoms. The number of ether oxygens (including phenoxy) is 1. The van der Waals surface area contributed by atoms with Gasteiger partial charge in [-0.25, -0.2) is 4.79 Å².